The standard InChI is InChI=1S/C14H19FN2O/c1-10-6-7-16-9-13(10)17-14(18)8-11-4-2-3-5-12(11)15/h2-5,10,13,16H,6-9H2,1H3,(H,17,18). The van der Waals surface area contributed by atoms with Crippen molar-refractivity contribution in [2.24, 2.45) is 5.92 Å². The molecular formula is C14H19FN2O. The van der Waals surface area contributed by atoms with Crippen LogP contribution in [0.4, 0.5) is 4.39 Å². The first kappa shape index (κ1) is 13.0. The van der Waals surface area contributed by atoms with Gasteiger partial charge >= 0.3 is 0 Å². The quantitative estimate of drug-likeness (QED) is 0.853. The Morgan fingerprint density at radius 2 is 2.28 bits per heavy atom. The first-order valence-corrected chi connectivity index (χ1v) is 6.40. The van der Waals surface area contributed by atoms with Crippen LogP contribution in [-0.4, -0.2) is 25.0 Å². The lowest BCUT2D eigenvalue weighted by molar-refractivity contribution is -0.121. The molecular weight excluding hydrogens is 231 g/mol. The van der Waals surface area contributed by atoms with Crippen LogP contribution in [0.15, 0.2) is 24.3 Å². The smallest absolute Gasteiger partial charge is 0.224 e. The summed E-state index contributed by atoms with van der Waals surface area (Å²) in [5.41, 5.74) is 0.450. The van der Waals surface area contributed by atoms with Gasteiger partial charge < -0.3 is 10.6 Å². The van der Waals surface area contributed by atoms with Gasteiger partial charge in [0.05, 0.1) is 6.42 Å². The van der Waals surface area contributed by atoms with E-state index in [1.54, 1.807) is 18.2 Å². The molecule has 2 unspecified atom stereocenters. The lowest BCUT2D eigenvalue weighted by atomic mass is 9.94. The molecule has 1 aromatic carbocycles. The minimum absolute atomic E-state index is 0.107. The molecule has 2 atom stereocenters. The molecule has 2 rings (SSSR count). The van der Waals surface area contributed by atoms with Crippen LogP contribution in [-0.2, 0) is 11.2 Å². The molecule has 0 saturated carbocycles. The highest BCUT2D eigenvalue weighted by Gasteiger charge is 2.22. The molecule has 0 aliphatic carbocycles. The van der Waals surface area contributed by atoms with Gasteiger partial charge in [0.1, 0.15) is 5.82 Å². The zero-order valence-corrected chi connectivity index (χ0v) is 10.6. The summed E-state index contributed by atoms with van der Waals surface area (Å²) < 4.78 is 13.4. The number of nitrogens with one attached hydrogen (secondary N) is 2. The first-order chi connectivity index (χ1) is 8.66. The second-order valence-corrected chi connectivity index (χ2v) is 4.91. The molecule has 0 radical (unpaired) electrons. The summed E-state index contributed by atoms with van der Waals surface area (Å²) in [4.78, 5) is 11.9. The number of benzene rings is 1. The highest BCUT2D eigenvalue weighted by Crippen LogP contribution is 2.12. The molecule has 1 saturated heterocycles. The van der Waals surface area contributed by atoms with Crippen LogP contribution in [0.2, 0.25) is 0 Å². The number of carbonyl (C=O) groups excluding carboxylic acids is 1. The molecule has 18 heavy (non-hydrogen) atoms. The number of rotatable bonds is 3. The molecule has 1 amide bonds. The summed E-state index contributed by atoms with van der Waals surface area (Å²) in [5.74, 6) is 0.0407. The third-order valence-electron chi connectivity index (χ3n) is 3.48. The Balaban J connectivity index is 1.90. The zero-order chi connectivity index (χ0) is 13.0. The topological polar surface area (TPSA) is 41.1 Å². The van der Waals surface area contributed by atoms with Crippen LogP contribution < -0.4 is 10.6 Å². The molecule has 1 fully saturated rings. The van der Waals surface area contributed by atoms with Gasteiger partial charge in [-0.25, -0.2) is 4.39 Å². The largest absolute Gasteiger partial charge is 0.352 e. The van der Waals surface area contributed by atoms with Crippen LogP contribution in [0.5, 0.6) is 0 Å². The van der Waals surface area contributed by atoms with Gasteiger partial charge in [0.15, 0.2) is 0 Å². The van der Waals surface area contributed by atoms with Gasteiger partial charge in [-0.15, -0.1) is 0 Å². The Labute approximate surface area is 107 Å². The minimum atomic E-state index is -0.317. The van der Waals surface area contributed by atoms with Crippen molar-refractivity contribution >= 4 is 5.91 Å². The van der Waals surface area contributed by atoms with Crippen molar-refractivity contribution in [3.05, 3.63) is 35.6 Å². The fourth-order valence-corrected chi connectivity index (χ4v) is 2.26. The molecule has 0 spiro atoms. The molecule has 3 nitrogen and oxygen atoms in total. The number of amides is 1. The molecule has 1 heterocycles. The lowest BCUT2D eigenvalue weighted by Crippen LogP contribution is -2.50. The lowest BCUT2D eigenvalue weighted by Gasteiger charge is -2.30. The van der Waals surface area contributed by atoms with Crippen LogP contribution in [0.3, 0.4) is 0 Å². The first-order valence-electron chi connectivity index (χ1n) is 6.40. The van der Waals surface area contributed by atoms with E-state index in [4.69, 9.17) is 0 Å². The average Bonchev–Trinajstić information content (AvgIpc) is 2.35. The van der Waals surface area contributed by atoms with E-state index in [0.717, 1.165) is 19.5 Å². The fourth-order valence-electron chi connectivity index (χ4n) is 2.26. The number of carbonyl (C=O) groups is 1. The van der Waals surface area contributed by atoms with Gasteiger partial charge in [0, 0.05) is 12.6 Å². The highest BCUT2D eigenvalue weighted by atomic mass is 19.1. The molecule has 1 aliphatic heterocycles. The molecule has 0 bridgehead atoms. The molecule has 1 aliphatic rings. The van der Waals surface area contributed by atoms with E-state index in [9.17, 15) is 9.18 Å². The van der Waals surface area contributed by atoms with Gasteiger partial charge in [-0.1, -0.05) is 25.1 Å². The third kappa shape index (κ3) is 3.29. The Hall–Kier alpha value is -1.42. The van der Waals surface area contributed by atoms with E-state index >= 15 is 0 Å². The van der Waals surface area contributed by atoms with E-state index < -0.39 is 0 Å². The van der Waals surface area contributed by atoms with Gasteiger partial charge in [-0.05, 0) is 30.5 Å². The number of piperidine rings is 1. The maximum absolute atomic E-state index is 13.4. The van der Waals surface area contributed by atoms with Crippen molar-refractivity contribution in [2.75, 3.05) is 13.1 Å². The van der Waals surface area contributed by atoms with Crippen LogP contribution in [0, 0.1) is 11.7 Å². The van der Waals surface area contributed by atoms with Gasteiger partial charge in [-0.2, -0.15) is 0 Å². The summed E-state index contributed by atoms with van der Waals surface area (Å²) in [6, 6.07) is 6.56. The van der Waals surface area contributed by atoms with E-state index in [0.29, 0.717) is 11.5 Å². The second-order valence-electron chi connectivity index (χ2n) is 4.91. The maximum atomic E-state index is 13.4. The second kappa shape index (κ2) is 5.96. The number of hydrogen-bond donors (Lipinski definition) is 2. The van der Waals surface area contributed by atoms with Crippen LogP contribution >= 0.6 is 0 Å². The normalized spacial score (nSPS) is 23.7. The summed E-state index contributed by atoms with van der Waals surface area (Å²) in [7, 11) is 0. The van der Waals surface area contributed by atoms with Gasteiger partial charge in [0.2, 0.25) is 5.91 Å². The molecule has 0 aromatic heterocycles. The Morgan fingerprint density at radius 1 is 1.50 bits per heavy atom. The van der Waals surface area contributed by atoms with Crippen molar-refractivity contribution in [3.8, 4) is 0 Å². The summed E-state index contributed by atoms with van der Waals surface area (Å²) in [6.45, 7) is 3.93. The predicted octanol–water partition coefficient (Wildman–Crippen LogP) is 1.48. The summed E-state index contributed by atoms with van der Waals surface area (Å²) >= 11 is 0. The third-order valence-corrected chi connectivity index (χ3v) is 3.48. The van der Waals surface area contributed by atoms with Gasteiger partial charge in [-0.3, -0.25) is 4.79 Å². The summed E-state index contributed by atoms with van der Waals surface area (Å²) in [6.07, 6.45) is 1.17. The Morgan fingerprint density at radius 3 is 3.00 bits per heavy atom. The van der Waals surface area contributed by atoms with Crippen molar-refractivity contribution in [2.45, 2.75) is 25.8 Å². The van der Waals surface area contributed by atoms with Crippen LogP contribution in [0.1, 0.15) is 18.9 Å². The van der Waals surface area contributed by atoms with E-state index in [2.05, 4.69) is 17.6 Å². The van der Waals surface area contributed by atoms with E-state index in [1.165, 1.54) is 6.07 Å². The highest BCUT2D eigenvalue weighted by molar-refractivity contribution is 5.79. The van der Waals surface area contributed by atoms with Crippen molar-refractivity contribution < 1.29 is 9.18 Å². The molecule has 2 N–H and O–H groups in total. The maximum Gasteiger partial charge on any atom is 0.224 e. The van der Waals surface area contributed by atoms with Gasteiger partial charge in [0.25, 0.3) is 0 Å². The monoisotopic (exact) mass is 250 g/mol. The van der Waals surface area contributed by atoms with Crippen molar-refractivity contribution in [1.29, 1.82) is 0 Å². The Bertz CT molecular complexity index is 422. The number of halogens is 1. The zero-order valence-electron chi connectivity index (χ0n) is 10.6. The molecule has 4 heteroatoms. The number of hydrogen-bond acceptors (Lipinski definition) is 2. The van der Waals surface area contributed by atoms with E-state index in [-0.39, 0.29) is 24.2 Å². The predicted molar refractivity (Wildman–Crippen MR) is 68.7 cm³/mol. The molecule has 98 valence electrons. The Kier molecular flexibility index (Phi) is 4.31. The van der Waals surface area contributed by atoms with Crippen molar-refractivity contribution in [3.63, 3.8) is 0 Å². The minimum Gasteiger partial charge on any atom is -0.352 e. The fraction of sp³-hybridized carbons (Fsp3) is 0.500. The summed E-state index contributed by atoms with van der Waals surface area (Å²) in [5, 5.41) is 6.23. The van der Waals surface area contributed by atoms with E-state index in [1.807, 2.05) is 0 Å². The molecule has 1 aromatic rings. The average molecular weight is 250 g/mol. The van der Waals surface area contributed by atoms with Crippen LogP contribution in [0.25, 0.3) is 0 Å². The SMILES string of the molecule is CC1CCNCC1NC(=O)Cc1ccccc1F. The van der Waals surface area contributed by atoms with Crippen molar-refractivity contribution in [1.82, 2.24) is 10.6 Å².